The Bertz CT molecular complexity index is 4350. The molecule has 266 valence electrons. The Morgan fingerprint density at radius 1 is 0.456 bits per heavy atom. The third-order valence-electron chi connectivity index (χ3n) is 10.0. The van der Waals surface area contributed by atoms with Gasteiger partial charge >= 0.3 is 0 Å². The lowest BCUT2D eigenvalue weighted by Crippen LogP contribution is -2.06. The molecule has 12 aromatic rings. The number of furan rings is 2. The van der Waals surface area contributed by atoms with Gasteiger partial charge in [-0.1, -0.05) is 139 Å². The molecule has 57 heavy (non-hydrogen) atoms. The van der Waals surface area contributed by atoms with Gasteiger partial charge in [-0.25, -0.2) is 4.98 Å². The summed E-state index contributed by atoms with van der Waals surface area (Å²) in [6.07, 6.45) is 0. The average molecular weight is 745 g/mol. The van der Waals surface area contributed by atoms with Crippen LogP contribution >= 0.6 is 0 Å². The fraction of sp³-hybridized carbons (Fsp3) is 0. The Balaban J connectivity index is 1.25. The van der Waals surface area contributed by atoms with Crippen LogP contribution < -0.4 is 0 Å². The van der Waals surface area contributed by atoms with E-state index in [1.807, 2.05) is 54.6 Å². The summed E-state index contributed by atoms with van der Waals surface area (Å²) in [5.74, 6) is -0.844. The second kappa shape index (κ2) is 12.3. The van der Waals surface area contributed by atoms with E-state index < -0.39 is 78.5 Å². The molecule has 0 amide bonds. The Kier molecular flexibility index (Phi) is 4.49. The zero-order chi connectivity index (χ0) is 49.6. The van der Waals surface area contributed by atoms with Gasteiger partial charge in [0, 0.05) is 43.4 Å². The van der Waals surface area contributed by atoms with E-state index in [2.05, 4.69) is 0 Å². The number of hydrogen-bond donors (Lipinski definition) is 0. The molecule has 0 aliphatic heterocycles. The SMILES string of the molecule is [2H]c1c([2H])c(-c2ccccc2)c([2H])c(-c2nc(-c3ccc4c(c3)oc3cccc(-c5ccccc5)c34)nc(-n3c4c([2H])c([2H])c([2H])c([2H])c4c4c([2H])c([2H])c5c(oc6c([2H])c([2H])c([2H])c([2H])c65)c43)n2)c1[2H]. The van der Waals surface area contributed by atoms with Gasteiger partial charge in [-0.3, -0.25) is 4.57 Å². The normalized spacial score (nSPS) is 15.3. The highest BCUT2D eigenvalue weighted by atomic mass is 16.3. The topological polar surface area (TPSA) is 69.9 Å². The van der Waals surface area contributed by atoms with Crippen LogP contribution in [0.25, 0.3) is 117 Å². The van der Waals surface area contributed by atoms with Crippen LogP contribution in [-0.4, -0.2) is 19.5 Å². The maximum absolute atomic E-state index is 9.58. The van der Waals surface area contributed by atoms with Crippen molar-refractivity contribution < 1.29 is 28.0 Å². The van der Waals surface area contributed by atoms with Crippen LogP contribution in [-0.2, 0) is 0 Å². The smallest absolute Gasteiger partial charge is 0.238 e. The Morgan fingerprint density at radius 2 is 1.19 bits per heavy atom. The lowest BCUT2D eigenvalue weighted by atomic mass is 9.99. The number of hydrogen-bond acceptors (Lipinski definition) is 5. The molecule has 0 saturated heterocycles. The second-order valence-corrected chi connectivity index (χ2v) is 13.3. The van der Waals surface area contributed by atoms with E-state index in [0.29, 0.717) is 22.3 Å². The molecule has 0 aliphatic rings. The number of nitrogens with zero attached hydrogens (tertiary/aromatic N) is 4. The number of aromatic nitrogens is 4. The molecule has 6 nitrogen and oxygen atoms in total. The molecule has 0 bridgehead atoms. The van der Waals surface area contributed by atoms with Crippen LogP contribution in [0.2, 0.25) is 0 Å². The summed E-state index contributed by atoms with van der Waals surface area (Å²) in [7, 11) is 0. The summed E-state index contributed by atoms with van der Waals surface area (Å²) < 4.78 is 140. The van der Waals surface area contributed by atoms with Gasteiger partial charge < -0.3 is 8.83 Å². The predicted octanol–water partition coefficient (Wildman–Crippen LogP) is 13.4. The van der Waals surface area contributed by atoms with Gasteiger partial charge in [-0.2, -0.15) is 9.97 Å². The highest BCUT2D eigenvalue weighted by molar-refractivity contribution is 6.21. The van der Waals surface area contributed by atoms with Gasteiger partial charge in [0.05, 0.1) is 24.7 Å². The first kappa shape index (κ1) is 20.7. The maximum Gasteiger partial charge on any atom is 0.238 e. The van der Waals surface area contributed by atoms with Gasteiger partial charge in [0.1, 0.15) is 22.3 Å². The van der Waals surface area contributed by atoms with Crippen molar-refractivity contribution in [1.82, 2.24) is 19.5 Å². The van der Waals surface area contributed by atoms with Crippen molar-refractivity contribution in [2.24, 2.45) is 0 Å². The van der Waals surface area contributed by atoms with Crippen molar-refractivity contribution in [1.29, 1.82) is 0 Å². The molecule has 0 unspecified atom stereocenters. The molecule has 0 fully saturated rings. The summed E-state index contributed by atoms with van der Waals surface area (Å²) >= 11 is 0. The van der Waals surface area contributed by atoms with Crippen LogP contribution in [0.1, 0.15) is 19.2 Å². The molecule has 8 aromatic carbocycles. The lowest BCUT2D eigenvalue weighted by molar-refractivity contribution is 0.669. The molecule has 4 heterocycles. The van der Waals surface area contributed by atoms with Crippen molar-refractivity contribution in [3.8, 4) is 51.0 Å². The van der Waals surface area contributed by atoms with E-state index in [1.165, 1.54) is 4.57 Å². The molecule has 6 heteroatoms. The zero-order valence-electron chi connectivity index (χ0n) is 43.3. The number of fused-ring (bicyclic) bond motifs is 10. The summed E-state index contributed by atoms with van der Waals surface area (Å²) in [6, 6.07) is 21.4. The molecular weight excluding hydrogens is 701 g/mol. The van der Waals surface area contributed by atoms with E-state index in [1.54, 1.807) is 42.5 Å². The minimum atomic E-state index is -0.677. The minimum absolute atomic E-state index is 0.0136. The van der Waals surface area contributed by atoms with Crippen molar-refractivity contribution in [2.45, 2.75) is 0 Å². The third-order valence-corrected chi connectivity index (χ3v) is 10.0. The first-order valence-electron chi connectivity index (χ1n) is 24.9. The molecule has 0 radical (unpaired) electrons. The highest BCUT2D eigenvalue weighted by Gasteiger charge is 2.23. The first-order chi connectivity index (χ1) is 34.1. The molecule has 4 aromatic heterocycles. The van der Waals surface area contributed by atoms with Crippen molar-refractivity contribution in [3.63, 3.8) is 0 Å². The van der Waals surface area contributed by atoms with Crippen LogP contribution in [0.15, 0.2) is 190 Å². The molecule has 12 rings (SSSR count). The van der Waals surface area contributed by atoms with Crippen LogP contribution in [0, 0.1) is 0 Å². The number of para-hydroxylation sites is 2. The third kappa shape index (κ3) is 4.94. The molecule has 0 spiro atoms. The van der Waals surface area contributed by atoms with E-state index in [0.717, 1.165) is 21.9 Å². The van der Waals surface area contributed by atoms with Crippen LogP contribution in [0.4, 0.5) is 0 Å². The summed E-state index contributed by atoms with van der Waals surface area (Å²) in [4.78, 5) is 14.6. The Hall–Kier alpha value is -7.83. The lowest BCUT2D eigenvalue weighted by Gasteiger charge is -2.12. The molecule has 0 N–H and O–H groups in total. The second-order valence-electron chi connectivity index (χ2n) is 13.3. The highest BCUT2D eigenvalue weighted by Crippen LogP contribution is 2.41. The van der Waals surface area contributed by atoms with E-state index in [4.69, 9.17) is 34.8 Å². The quantitative estimate of drug-likeness (QED) is 0.175. The van der Waals surface area contributed by atoms with E-state index >= 15 is 0 Å². The predicted molar refractivity (Wildman–Crippen MR) is 230 cm³/mol. The van der Waals surface area contributed by atoms with E-state index in [-0.39, 0.29) is 78.6 Å². The van der Waals surface area contributed by atoms with Gasteiger partial charge in [0.2, 0.25) is 5.95 Å². The van der Waals surface area contributed by atoms with Gasteiger partial charge in [-0.05, 0) is 64.6 Å². The fourth-order valence-corrected chi connectivity index (χ4v) is 7.50. The molecule has 0 atom stereocenters. The minimum Gasteiger partial charge on any atom is -0.456 e. The van der Waals surface area contributed by atoms with Crippen molar-refractivity contribution in [2.75, 3.05) is 0 Å². The number of benzene rings is 8. The van der Waals surface area contributed by atoms with E-state index in [9.17, 15) is 8.22 Å². The van der Waals surface area contributed by atoms with Crippen molar-refractivity contribution >= 4 is 65.7 Å². The summed E-state index contributed by atoms with van der Waals surface area (Å²) in [5, 5.41) is 0.750. The Morgan fingerprint density at radius 3 is 2.05 bits per heavy atom. The number of rotatable bonds is 5. The van der Waals surface area contributed by atoms with Crippen LogP contribution in [0.5, 0.6) is 0 Å². The average Bonchev–Trinajstić information content (AvgIpc) is 4.08. The summed E-state index contributed by atoms with van der Waals surface area (Å²) in [6.45, 7) is 0. The molecule has 0 aliphatic carbocycles. The molecule has 0 saturated carbocycles. The maximum atomic E-state index is 9.58. The Labute approximate surface area is 345 Å². The molecular formula is C51H30N4O2. The monoisotopic (exact) mass is 744 g/mol. The zero-order valence-corrected chi connectivity index (χ0v) is 29.3. The van der Waals surface area contributed by atoms with Gasteiger partial charge in [0.25, 0.3) is 0 Å². The summed E-state index contributed by atoms with van der Waals surface area (Å²) in [5.41, 5.74) is 2.29. The van der Waals surface area contributed by atoms with Crippen LogP contribution in [0.3, 0.4) is 0 Å². The van der Waals surface area contributed by atoms with Crippen molar-refractivity contribution in [3.05, 3.63) is 182 Å². The standard InChI is InChI=1S/C51H30N4O2/c1-3-13-31(14-4-1)33-17-11-18-34(29-33)49-52-50(35-25-26-41-45(30-35)56-44-24-12-21-36(46(41)44)32-15-5-2-6-16-32)54-51(53-49)55-42-22-9-7-19-37(42)39-27-28-40-38-20-8-10-23-43(38)57-48(40)47(39)55/h1-30H/i7D,8D,9D,10D,11D,17D,18D,19D,20D,22D,23D,27D,28D,29D. The first-order valence-corrected chi connectivity index (χ1v) is 17.9. The largest absolute Gasteiger partial charge is 0.456 e. The fourth-order valence-electron chi connectivity index (χ4n) is 7.50. The van der Waals surface area contributed by atoms with Gasteiger partial charge in [-0.15, -0.1) is 0 Å². The van der Waals surface area contributed by atoms with Gasteiger partial charge in [0.15, 0.2) is 17.2 Å².